The first-order valence-corrected chi connectivity index (χ1v) is 5.77. The number of nitrogens with zero attached hydrogens (tertiary/aromatic N) is 1. The Balaban J connectivity index is 2.72. The Hall–Kier alpha value is -1.95. The van der Waals surface area contributed by atoms with Gasteiger partial charge in [-0.25, -0.2) is 0 Å². The molecule has 0 saturated carbocycles. The molecule has 6 nitrogen and oxygen atoms in total. The number of hydrogen-bond donors (Lipinski definition) is 2. The van der Waals surface area contributed by atoms with E-state index in [0.29, 0.717) is 13.0 Å². The predicted molar refractivity (Wildman–Crippen MR) is 66.6 cm³/mol. The third kappa shape index (κ3) is 3.81. The number of Topliss-reactive ketones (excluding diaryl/α,β-unsaturated/α-hetero) is 1. The molecule has 6 heteroatoms. The fourth-order valence-electron chi connectivity index (χ4n) is 1.60. The van der Waals surface area contributed by atoms with Crippen molar-refractivity contribution in [2.45, 2.75) is 25.7 Å². The number of rotatable bonds is 7. The van der Waals surface area contributed by atoms with Gasteiger partial charge in [-0.05, 0) is 25.5 Å². The molecule has 0 unspecified atom stereocenters. The van der Waals surface area contributed by atoms with E-state index < -0.39 is 4.92 Å². The maximum absolute atomic E-state index is 11.8. The number of nitrogens with two attached hydrogens (primary N) is 1. The third-order valence-corrected chi connectivity index (χ3v) is 2.60. The van der Waals surface area contributed by atoms with E-state index in [1.54, 1.807) is 0 Å². The lowest BCUT2D eigenvalue weighted by Gasteiger charge is -2.03. The zero-order chi connectivity index (χ0) is 13.5. The van der Waals surface area contributed by atoms with E-state index in [0.717, 1.165) is 18.9 Å². The van der Waals surface area contributed by atoms with Crippen LogP contribution in [0.1, 0.15) is 36.0 Å². The summed E-state index contributed by atoms with van der Waals surface area (Å²) in [6, 6.07) is 3.45. The number of non-ortho nitro benzene ring substituents is 1. The van der Waals surface area contributed by atoms with E-state index in [-0.39, 0.29) is 29.2 Å². The van der Waals surface area contributed by atoms with Crippen LogP contribution in [0.5, 0.6) is 5.75 Å². The molecule has 0 amide bonds. The van der Waals surface area contributed by atoms with Gasteiger partial charge in [-0.2, -0.15) is 0 Å². The number of nitro benzene ring substituents is 1. The van der Waals surface area contributed by atoms with Crippen molar-refractivity contribution in [3.8, 4) is 5.75 Å². The monoisotopic (exact) mass is 252 g/mol. The van der Waals surface area contributed by atoms with Gasteiger partial charge in [0.1, 0.15) is 5.75 Å². The van der Waals surface area contributed by atoms with Crippen molar-refractivity contribution in [2.75, 3.05) is 6.54 Å². The Labute approximate surface area is 105 Å². The van der Waals surface area contributed by atoms with Crippen LogP contribution in [0.4, 0.5) is 5.69 Å². The van der Waals surface area contributed by atoms with Gasteiger partial charge in [0.25, 0.3) is 5.69 Å². The molecule has 1 aromatic rings. The topological polar surface area (TPSA) is 106 Å². The normalized spacial score (nSPS) is 10.3. The first kappa shape index (κ1) is 14.1. The predicted octanol–water partition coefficient (Wildman–Crippen LogP) is 2.00. The lowest BCUT2D eigenvalue weighted by Crippen LogP contribution is -2.02. The first-order valence-electron chi connectivity index (χ1n) is 5.77. The van der Waals surface area contributed by atoms with Crippen molar-refractivity contribution < 1.29 is 14.8 Å². The van der Waals surface area contributed by atoms with Gasteiger partial charge in [0, 0.05) is 18.6 Å². The van der Waals surface area contributed by atoms with Gasteiger partial charge in [0.05, 0.1) is 10.5 Å². The lowest BCUT2D eigenvalue weighted by molar-refractivity contribution is -0.384. The highest BCUT2D eigenvalue weighted by Gasteiger charge is 2.15. The minimum absolute atomic E-state index is 0.0111. The average molecular weight is 252 g/mol. The molecule has 0 radical (unpaired) electrons. The molecule has 0 fully saturated rings. The SMILES string of the molecule is NCCCCCC(=O)c1cc([N+](=O)[O-])ccc1O. The highest BCUT2D eigenvalue weighted by Crippen LogP contribution is 2.24. The molecule has 0 aromatic heterocycles. The number of carbonyl (C=O) groups excluding carboxylic acids is 1. The summed E-state index contributed by atoms with van der Waals surface area (Å²) in [5.74, 6) is -0.502. The molecule has 98 valence electrons. The molecule has 3 N–H and O–H groups in total. The summed E-state index contributed by atoms with van der Waals surface area (Å²) in [5, 5.41) is 20.1. The molecular weight excluding hydrogens is 236 g/mol. The van der Waals surface area contributed by atoms with E-state index >= 15 is 0 Å². The van der Waals surface area contributed by atoms with Gasteiger partial charge in [-0.15, -0.1) is 0 Å². The van der Waals surface area contributed by atoms with Crippen LogP contribution in [0.25, 0.3) is 0 Å². The number of nitro groups is 1. The van der Waals surface area contributed by atoms with Crippen molar-refractivity contribution in [3.05, 3.63) is 33.9 Å². The Bertz CT molecular complexity index is 446. The molecule has 18 heavy (non-hydrogen) atoms. The maximum Gasteiger partial charge on any atom is 0.270 e. The standard InChI is InChI=1S/C12H16N2O4/c13-7-3-1-2-4-11(15)10-8-9(14(17)18)5-6-12(10)16/h5-6,8,16H,1-4,7,13H2. The van der Waals surface area contributed by atoms with Crippen LogP contribution in [0.2, 0.25) is 0 Å². The third-order valence-electron chi connectivity index (χ3n) is 2.60. The van der Waals surface area contributed by atoms with Crippen LogP contribution >= 0.6 is 0 Å². The van der Waals surface area contributed by atoms with E-state index in [1.807, 2.05) is 0 Å². The molecule has 0 heterocycles. The fourth-order valence-corrected chi connectivity index (χ4v) is 1.60. The number of aromatic hydroxyl groups is 1. The summed E-state index contributed by atoms with van der Waals surface area (Å²) in [5.41, 5.74) is 5.15. The largest absolute Gasteiger partial charge is 0.507 e. The number of carbonyl (C=O) groups is 1. The van der Waals surface area contributed by atoms with Crippen LogP contribution in [0.3, 0.4) is 0 Å². The number of benzene rings is 1. The van der Waals surface area contributed by atoms with Crippen molar-refractivity contribution in [1.82, 2.24) is 0 Å². The Morgan fingerprint density at radius 1 is 1.33 bits per heavy atom. The van der Waals surface area contributed by atoms with E-state index in [2.05, 4.69) is 0 Å². The summed E-state index contributed by atoms with van der Waals surface area (Å²) in [6.45, 7) is 0.580. The van der Waals surface area contributed by atoms with E-state index in [1.165, 1.54) is 12.1 Å². The number of unbranched alkanes of at least 4 members (excludes halogenated alkanes) is 2. The zero-order valence-corrected chi connectivity index (χ0v) is 9.96. The Morgan fingerprint density at radius 2 is 2.06 bits per heavy atom. The van der Waals surface area contributed by atoms with Gasteiger partial charge < -0.3 is 10.8 Å². The second kappa shape index (κ2) is 6.70. The fraction of sp³-hybridized carbons (Fsp3) is 0.417. The molecular formula is C12H16N2O4. The van der Waals surface area contributed by atoms with E-state index in [9.17, 15) is 20.0 Å². The zero-order valence-electron chi connectivity index (χ0n) is 9.96. The minimum Gasteiger partial charge on any atom is -0.507 e. The van der Waals surface area contributed by atoms with Crippen LogP contribution in [0, 0.1) is 10.1 Å². The van der Waals surface area contributed by atoms with Gasteiger partial charge in [-0.1, -0.05) is 6.42 Å². The summed E-state index contributed by atoms with van der Waals surface area (Å²) in [4.78, 5) is 21.8. The quantitative estimate of drug-likeness (QED) is 0.334. The summed E-state index contributed by atoms with van der Waals surface area (Å²) < 4.78 is 0. The molecule has 1 rings (SSSR count). The smallest absolute Gasteiger partial charge is 0.270 e. The minimum atomic E-state index is -0.593. The van der Waals surface area contributed by atoms with Gasteiger partial charge in [-0.3, -0.25) is 14.9 Å². The molecule has 0 atom stereocenters. The van der Waals surface area contributed by atoms with Crippen molar-refractivity contribution in [3.63, 3.8) is 0 Å². The van der Waals surface area contributed by atoms with Crippen molar-refractivity contribution >= 4 is 11.5 Å². The highest BCUT2D eigenvalue weighted by molar-refractivity contribution is 5.99. The number of ketones is 1. The molecule has 0 saturated heterocycles. The molecule has 0 aliphatic rings. The highest BCUT2D eigenvalue weighted by atomic mass is 16.6. The lowest BCUT2D eigenvalue weighted by atomic mass is 10.0. The summed E-state index contributed by atoms with van der Waals surface area (Å²) in [6.07, 6.45) is 2.60. The molecule has 1 aromatic carbocycles. The van der Waals surface area contributed by atoms with Gasteiger partial charge in [0.15, 0.2) is 5.78 Å². The van der Waals surface area contributed by atoms with Crippen LogP contribution in [-0.4, -0.2) is 22.4 Å². The summed E-state index contributed by atoms with van der Waals surface area (Å²) in [7, 11) is 0. The average Bonchev–Trinajstić information content (AvgIpc) is 2.34. The number of phenolic OH excluding ortho intramolecular Hbond substituents is 1. The summed E-state index contributed by atoms with van der Waals surface area (Å²) >= 11 is 0. The van der Waals surface area contributed by atoms with E-state index in [4.69, 9.17) is 5.73 Å². The van der Waals surface area contributed by atoms with Gasteiger partial charge in [0.2, 0.25) is 0 Å². The van der Waals surface area contributed by atoms with Gasteiger partial charge >= 0.3 is 0 Å². The second-order valence-corrected chi connectivity index (χ2v) is 3.98. The molecule has 0 spiro atoms. The van der Waals surface area contributed by atoms with Crippen molar-refractivity contribution in [2.24, 2.45) is 5.73 Å². The van der Waals surface area contributed by atoms with Crippen LogP contribution in [-0.2, 0) is 0 Å². The Kier molecular flexibility index (Phi) is 5.26. The first-order chi connectivity index (χ1) is 8.56. The second-order valence-electron chi connectivity index (χ2n) is 3.98. The maximum atomic E-state index is 11.8. The van der Waals surface area contributed by atoms with Crippen LogP contribution in [0.15, 0.2) is 18.2 Å². The van der Waals surface area contributed by atoms with Crippen LogP contribution < -0.4 is 5.73 Å². The number of phenols is 1. The Morgan fingerprint density at radius 3 is 2.67 bits per heavy atom. The molecule has 0 aliphatic carbocycles. The number of hydrogen-bond acceptors (Lipinski definition) is 5. The molecule has 0 bridgehead atoms. The van der Waals surface area contributed by atoms with Crippen molar-refractivity contribution in [1.29, 1.82) is 0 Å². The molecule has 0 aliphatic heterocycles.